The van der Waals surface area contributed by atoms with E-state index < -0.39 is 11.0 Å². The molecule has 0 radical (unpaired) electrons. The number of carbonyl (C=O) groups excluding carboxylic acids is 1. The SMILES string of the molecule is CS(=O)N1CCC(n2cc(-c3cccc(C(N)=S)c3)c3ccc(CNC(=O)C4CC5(CNC5)C4)cc32)CC1. The number of rotatable bonds is 7. The van der Waals surface area contributed by atoms with Gasteiger partial charge in [0.2, 0.25) is 5.91 Å². The molecule has 1 aromatic heterocycles. The smallest absolute Gasteiger partial charge is 0.223 e. The van der Waals surface area contributed by atoms with Crippen molar-refractivity contribution in [3.8, 4) is 11.1 Å². The van der Waals surface area contributed by atoms with Gasteiger partial charge in [-0.3, -0.25) is 4.79 Å². The van der Waals surface area contributed by atoms with Gasteiger partial charge in [0.1, 0.15) is 4.99 Å². The molecule has 1 atom stereocenters. The third-order valence-corrected chi connectivity index (χ3v) is 10.1. The molecule has 2 aromatic carbocycles. The van der Waals surface area contributed by atoms with Crippen LogP contribution in [0.2, 0.25) is 0 Å². The van der Waals surface area contributed by atoms with E-state index >= 15 is 0 Å². The summed E-state index contributed by atoms with van der Waals surface area (Å²) in [4.78, 5) is 13.2. The number of nitrogens with one attached hydrogen (secondary N) is 2. The summed E-state index contributed by atoms with van der Waals surface area (Å²) < 4.78 is 16.4. The number of amides is 1. The van der Waals surface area contributed by atoms with Crippen LogP contribution in [0.25, 0.3) is 22.0 Å². The highest BCUT2D eigenvalue weighted by Crippen LogP contribution is 2.48. The van der Waals surface area contributed by atoms with Crippen LogP contribution in [0, 0.1) is 11.3 Å². The minimum atomic E-state index is -0.939. The molecule has 7 nitrogen and oxygen atoms in total. The maximum Gasteiger partial charge on any atom is 0.223 e. The number of hydrogen-bond donors (Lipinski definition) is 3. The Morgan fingerprint density at radius 3 is 2.61 bits per heavy atom. The normalized spacial score (nSPS) is 20.7. The zero-order valence-corrected chi connectivity index (χ0v) is 23.4. The number of nitrogens with zero attached hydrogens (tertiary/aromatic N) is 2. The first kappa shape index (κ1) is 25.7. The fraction of sp³-hybridized carbons (Fsp3) is 0.448. The highest BCUT2D eigenvalue weighted by atomic mass is 32.2. The Morgan fingerprint density at radius 2 is 1.95 bits per heavy atom. The maximum atomic E-state index is 12.8. The van der Waals surface area contributed by atoms with Crippen LogP contribution >= 0.6 is 12.2 Å². The standard InChI is InChI=1S/C29H35N5O2S2/c1-38(36)33-9-7-23(8-10-33)34-16-25(20-3-2-4-21(12-20)27(30)37)24-6-5-19(11-26(24)34)15-32-28(35)22-13-29(14-22)17-31-18-29/h2-6,11-12,16,22-23,31H,7-10,13-15,17-18H2,1H3,(H2,30,37)(H,32,35). The van der Waals surface area contributed by atoms with Gasteiger partial charge in [0.05, 0.1) is 11.0 Å². The van der Waals surface area contributed by atoms with E-state index in [1.807, 2.05) is 16.4 Å². The summed E-state index contributed by atoms with van der Waals surface area (Å²) >= 11 is 5.23. The van der Waals surface area contributed by atoms with E-state index in [0.717, 1.165) is 79.6 Å². The van der Waals surface area contributed by atoms with Gasteiger partial charge in [0, 0.05) is 79.2 Å². The lowest BCUT2D eigenvalue weighted by molar-refractivity contribution is -0.135. The second-order valence-electron chi connectivity index (χ2n) is 11.3. The average molecular weight is 550 g/mol. The predicted molar refractivity (Wildman–Crippen MR) is 157 cm³/mol. The van der Waals surface area contributed by atoms with E-state index in [-0.39, 0.29) is 11.8 Å². The number of thiocarbonyl (C=S) groups is 1. The number of carbonyl (C=O) groups is 1. The molecule has 2 aliphatic heterocycles. The molecule has 3 aliphatic rings. The monoisotopic (exact) mass is 549 g/mol. The van der Waals surface area contributed by atoms with E-state index in [0.29, 0.717) is 23.0 Å². The molecule has 1 saturated carbocycles. The van der Waals surface area contributed by atoms with Crippen molar-refractivity contribution in [3.05, 3.63) is 59.8 Å². The fourth-order valence-electron chi connectivity index (χ4n) is 6.43. The van der Waals surface area contributed by atoms with Gasteiger partial charge < -0.3 is 20.9 Å². The Kier molecular flexibility index (Phi) is 6.88. The summed E-state index contributed by atoms with van der Waals surface area (Å²) in [5.74, 6) is 0.319. The first-order valence-electron chi connectivity index (χ1n) is 13.4. The van der Waals surface area contributed by atoms with Crippen LogP contribution in [-0.4, -0.2) is 56.4 Å². The minimum absolute atomic E-state index is 0.145. The molecule has 3 heterocycles. The quantitative estimate of drug-likeness (QED) is 0.393. The Labute approximate surface area is 231 Å². The van der Waals surface area contributed by atoms with Gasteiger partial charge in [-0.05, 0) is 54.4 Å². The lowest BCUT2D eigenvalue weighted by Gasteiger charge is -2.53. The van der Waals surface area contributed by atoms with E-state index in [1.54, 1.807) is 6.26 Å². The van der Waals surface area contributed by atoms with E-state index in [2.05, 4.69) is 51.7 Å². The van der Waals surface area contributed by atoms with Gasteiger partial charge in [0.25, 0.3) is 0 Å². The van der Waals surface area contributed by atoms with Crippen molar-refractivity contribution in [3.63, 3.8) is 0 Å². The second kappa shape index (κ2) is 10.2. The summed E-state index contributed by atoms with van der Waals surface area (Å²) in [6.07, 6.45) is 7.89. The summed E-state index contributed by atoms with van der Waals surface area (Å²) in [7, 11) is -0.939. The van der Waals surface area contributed by atoms with Crippen molar-refractivity contribution in [2.45, 2.75) is 38.3 Å². The number of hydrogen-bond acceptors (Lipinski definition) is 4. The average Bonchev–Trinajstić information content (AvgIpc) is 3.25. The number of benzene rings is 2. The van der Waals surface area contributed by atoms with Crippen LogP contribution in [-0.2, 0) is 22.3 Å². The van der Waals surface area contributed by atoms with Crippen molar-refractivity contribution < 1.29 is 9.00 Å². The van der Waals surface area contributed by atoms with Crippen LogP contribution in [0.5, 0.6) is 0 Å². The first-order valence-corrected chi connectivity index (χ1v) is 15.3. The lowest BCUT2D eigenvalue weighted by atomic mass is 9.58. The molecule has 1 spiro atoms. The van der Waals surface area contributed by atoms with Crippen LogP contribution < -0.4 is 16.4 Å². The molecule has 2 saturated heterocycles. The number of piperidine rings is 1. The second-order valence-corrected chi connectivity index (χ2v) is 13.1. The topological polar surface area (TPSA) is 92.4 Å². The minimum Gasteiger partial charge on any atom is -0.389 e. The first-order chi connectivity index (χ1) is 18.3. The van der Waals surface area contributed by atoms with Crippen molar-refractivity contribution in [1.82, 2.24) is 19.5 Å². The molecule has 200 valence electrons. The Hall–Kier alpha value is -2.59. The molecule has 1 aliphatic carbocycles. The van der Waals surface area contributed by atoms with E-state index in [9.17, 15) is 9.00 Å². The number of nitrogens with two attached hydrogens (primary N) is 1. The zero-order chi connectivity index (χ0) is 26.4. The third-order valence-electron chi connectivity index (χ3n) is 8.73. The van der Waals surface area contributed by atoms with Gasteiger partial charge in [-0.15, -0.1) is 0 Å². The van der Waals surface area contributed by atoms with Crippen molar-refractivity contribution >= 4 is 45.0 Å². The Balaban J connectivity index is 1.28. The molecule has 1 unspecified atom stereocenters. The molecule has 3 fully saturated rings. The third kappa shape index (κ3) is 4.81. The summed E-state index contributed by atoms with van der Waals surface area (Å²) in [6.45, 7) is 4.27. The molecule has 38 heavy (non-hydrogen) atoms. The molecule has 9 heteroatoms. The largest absolute Gasteiger partial charge is 0.389 e. The molecular formula is C29H35N5O2S2. The Bertz CT molecular complexity index is 1410. The van der Waals surface area contributed by atoms with E-state index in [4.69, 9.17) is 18.0 Å². The van der Waals surface area contributed by atoms with Crippen LogP contribution in [0.4, 0.5) is 0 Å². The van der Waals surface area contributed by atoms with Crippen LogP contribution in [0.15, 0.2) is 48.7 Å². The fourth-order valence-corrected chi connectivity index (χ4v) is 7.28. The summed E-state index contributed by atoms with van der Waals surface area (Å²) in [6, 6.07) is 14.9. The number of aromatic nitrogens is 1. The van der Waals surface area contributed by atoms with E-state index in [1.165, 1.54) is 5.39 Å². The van der Waals surface area contributed by atoms with Gasteiger partial charge in [0.15, 0.2) is 0 Å². The van der Waals surface area contributed by atoms with Gasteiger partial charge in [-0.25, -0.2) is 8.51 Å². The predicted octanol–water partition coefficient (Wildman–Crippen LogP) is 3.49. The van der Waals surface area contributed by atoms with Crippen molar-refractivity contribution in [2.75, 3.05) is 32.4 Å². The Morgan fingerprint density at radius 1 is 1.18 bits per heavy atom. The molecule has 6 rings (SSSR count). The van der Waals surface area contributed by atoms with Gasteiger partial charge in [-0.2, -0.15) is 0 Å². The van der Waals surface area contributed by atoms with Crippen molar-refractivity contribution in [2.24, 2.45) is 17.1 Å². The molecule has 4 N–H and O–H groups in total. The van der Waals surface area contributed by atoms with Crippen molar-refractivity contribution in [1.29, 1.82) is 0 Å². The molecule has 1 amide bonds. The molecule has 0 bridgehead atoms. The number of fused-ring (bicyclic) bond motifs is 1. The summed E-state index contributed by atoms with van der Waals surface area (Å²) in [5.41, 5.74) is 11.7. The van der Waals surface area contributed by atoms with Gasteiger partial charge >= 0.3 is 0 Å². The zero-order valence-electron chi connectivity index (χ0n) is 21.7. The van der Waals surface area contributed by atoms with Crippen LogP contribution in [0.1, 0.15) is 42.9 Å². The van der Waals surface area contributed by atoms with Gasteiger partial charge in [-0.1, -0.05) is 42.5 Å². The molecule has 3 aromatic rings. The van der Waals surface area contributed by atoms with Crippen LogP contribution in [0.3, 0.4) is 0 Å². The maximum absolute atomic E-state index is 12.8. The highest BCUT2D eigenvalue weighted by molar-refractivity contribution is 7.81. The molecular weight excluding hydrogens is 514 g/mol. The lowest BCUT2D eigenvalue weighted by Crippen LogP contribution is -2.62. The summed E-state index contributed by atoms with van der Waals surface area (Å²) in [5, 5.41) is 7.69. The highest BCUT2D eigenvalue weighted by Gasteiger charge is 2.50.